The summed E-state index contributed by atoms with van der Waals surface area (Å²) in [5.74, 6) is -0.833. The number of aliphatic carboxylic acids is 1. The Morgan fingerprint density at radius 2 is 1.56 bits per heavy atom. The van der Waals surface area contributed by atoms with Crippen molar-refractivity contribution in [3.8, 4) is 0 Å². The normalized spacial score (nSPS) is 4.11. The number of hydrogen-bond donors (Lipinski definition) is 2. The van der Waals surface area contributed by atoms with Crippen molar-refractivity contribution in [3.05, 3.63) is 0 Å². The van der Waals surface area contributed by atoms with Crippen LogP contribution in [0.3, 0.4) is 0 Å². The van der Waals surface area contributed by atoms with Crippen LogP contribution < -0.4 is 29.6 Å². The van der Waals surface area contributed by atoms with Gasteiger partial charge in [0.1, 0.15) is 0 Å². The molecule has 6 heteroatoms. The molecule has 3 N–H and O–H groups in total. The first-order valence-corrected chi connectivity index (χ1v) is 1.42. The van der Waals surface area contributed by atoms with Crippen LogP contribution in [0.4, 0.5) is 0 Å². The molecule has 0 bridgehead atoms. The Morgan fingerprint density at radius 1 is 1.56 bits per heavy atom. The third kappa shape index (κ3) is 27500. The number of rotatable bonds is 0. The summed E-state index contributed by atoms with van der Waals surface area (Å²) < 4.78 is 0. The van der Waals surface area contributed by atoms with E-state index in [4.69, 9.17) is 19.8 Å². The smallest absolute Gasteiger partial charge is 0.870 e. The van der Waals surface area contributed by atoms with Gasteiger partial charge < -0.3 is 15.7 Å². The first kappa shape index (κ1) is 23.1. The molecule has 0 fully saturated rings. The van der Waals surface area contributed by atoms with Gasteiger partial charge in [-0.25, -0.2) is 0 Å². The minimum Gasteiger partial charge on any atom is -0.870 e. The maximum absolute atomic E-state index is 9.00. The fourth-order valence-electron chi connectivity index (χ4n) is 0. The second-order valence-electron chi connectivity index (χ2n) is 0.624. The van der Waals surface area contributed by atoms with Crippen molar-refractivity contribution in [1.29, 1.82) is 0 Å². The molecule has 0 saturated carbocycles. The van der Waals surface area contributed by atoms with Crippen LogP contribution in [0.2, 0.25) is 0 Å². The molecule has 0 aromatic heterocycles. The average Bonchev–Trinajstić information content (AvgIpc) is 1.33. The number of carboxylic acids is 1. The first-order valence-electron chi connectivity index (χ1n) is 1.42. The van der Waals surface area contributed by atoms with Crippen molar-refractivity contribution in [2.75, 3.05) is 0 Å². The number of carbonyl (C=O) groups is 2. The summed E-state index contributed by atoms with van der Waals surface area (Å²) in [4.78, 5) is 17.4. The van der Waals surface area contributed by atoms with Crippen molar-refractivity contribution in [2.45, 2.75) is 6.92 Å². The summed E-state index contributed by atoms with van der Waals surface area (Å²) in [6.07, 6.45) is 0. The summed E-state index contributed by atoms with van der Waals surface area (Å²) >= 11 is 0. The van der Waals surface area contributed by atoms with Crippen LogP contribution in [0.15, 0.2) is 0 Å². The largest absolute Gasteiger partial charge is 1.00 e. The molecule has 0 rings (SSSR count). The molecule has 0 spiro atoms. The molecule has 0 atom stereocenters. The molecule has 0 amide bonds. The standard InChI is InChI=1S/C2H4O2.CH2O2.Na.H2O/c1-2(3)4;2-1-3;;/h1H3,(H,3,4);1H,(H,2,3);;1H2/q;;+1;/p-1. The van der Waals surface area contributed by atoms with E-state index in [0.29, 0.717) is 0 Å². The summed E-state index contributed by atoms with van der Waals surface area (Å²) in [7, 11) is 0. The van der Waals surface area contributed by atoms with Gasteiger partial charge in [0.25, 0.3) is 12.4 Å². The monoisotopic (exact) mass is 146 g/mol. The molecule has 0 aliphatic heterocycles. The van der Waals surface area contributed by atoms with Gasteiger partial charge in [0.15, 0.2) is 0 Å². The molecule has 0 aromatic rings. The van der Waals surface area contributed by atoms with Gasteiger partial charge in [0.05, 0.1) is 0 Å². The maximum atomic E-state index is 9.00. The van der Waals surface area contributed by atoms with Gasteiger partial charge in [0.2, 0.25) is 0 Å². The van der Waals surface area contributed by atoms with Crippen LogP contribution in [0.1, 0.15) is 6.92 Å². The van der Waals surface area contributed by atoms with Gasteiger partial charge in [-0.05, 0) is 0 Å². The van der Waals surface area contributed by atoms with Gasteiger partial charge in [-0.15, -0.1) is 0 Å². The summed E-state index contributed by atoms with van der Waals surface area (Å²) in [5, 5.41) is 14.3. The Kier molecular flexibility index (Phi) is 63.6. The van der Waals surface area contributed by atoms with Crippen molar-refractivity contribution >= 4 is 12.4 Å². The van der Waals surface area contributed by atoms with Crippen LogP contribution >= 0.6 is 0 Å². The topological polar surface area (TPSA) is 105 Å². The molecule has 5 nitrogen and oxygen atoms in total. The molecule has 9 heavy (non-hydrogen) atoms. The van der Waals surface area contributed by atoms with Crippen molar-refractivity contribution in [1.82, 2.24) is 0 Å². The maximum Gasteiger partial charge on any atom is 1.00 e. The molecular weight excluding hydrogens is 139 g/mol. The Labute approximate surface area is 74.3 Å². The first-order chi connectivity index (χ1) is 3.15. The molecule has 0 saturated heterocycles. The zero-order valence-electron chi connectivity index (χ0n) is 5.24. The molecule has 0 radical (unpaired) electrons. The van der Waals surface area contributed by atoms with E-state index in [2.05, 4.69) is 0 Å². The zero-order valence-corrected chi connectivity index (χ0v) is 7.24. The van der Waals surface area contributed by atoms with Crippen LogP contribution in [-0.2, 0) is 9.59 Å². The van der Waals surface area contributed by atoms with E-state index in [9.17, 15) is 0 Å². The Balaban J connectivity index is -0.0000000233. The van der Waals surface area contributed by atoms with Crippen molar-refractivity contribution < 1.29 is 54.8 Å². The molecule has 0 aromatic carbocycles. The second-order valence-corrected chi connectivity index (χ2v) is 0.624. The Morgan fingerprint density at radius 3 is 1.56 bits per heavy atom. The van der Waals surface area contributed by atoms with E-state index in [1.807, 2.05) is 0 Å². The van der Waals surface area contributed by atoms with Crippen LogP contribution in [-0.4, -0.2) is 28.1 Å². The fraction of sp³-hybridized carbons (Fsp3) is 0.333. The minimum absolute atomic E-state index is 0. The summed E-state index contributed by atoms with van der Waals surface area (Å²) in [5.41, 5.74) is 0. The van der Waals surface area contributed by atoms with Crippen LogP contribution in [0.25, 0.3) is 0 Å². The predicted octanol–water partition coefficient (Wildman–Crippen LogP) is -3.38. The second kappa shape index (κ2) is 24.7. The Bertz CT molecular complexity index is 59.2. The van der Waals surface area contributed by atoms with Crippen molar-refractivity contribution in [3.63, 3.8) is 0 Å². The third-order valence-electron chi connectivity index (χ3n) is 0. The van der Waals surface area contributed by atoms with E-state index >= 15 is 0 Å². The molecule has 50 valence electrons. The fourth-order valence-corrected chi connectivity index (χ4v) is 0. The van der Waals surface area contributed by atoms with Gasteiger partial charge in [0, 0.05) is 6.92 Å². The SMILES string of the molecule is CC(=O)O.O=CO.[Na+].[OH-]. The van der Waals surface area contributed by atoms with Gasteiger partial charge >= 0.3 is 29.6 Å². The van der Waals surface area contributed by atoms with Gasteiger partial charge in [-0.3, -0.25) is 9.59 Å². The summed E-state index contributed by atoms with van der Waals surface area (Å²) in [6, 6.07) is 0. The van der Waals surface area contributed by atoms with Crippen molar-refractivity contribution in [2.24, 2.45) is 0 Å². The van der Waals surface area contributed by atoms with Gasteiger partial charge in [-0.2, -0.15) is 0 Å². The molecule has 0 aliphatic rings. The van der Waals surface area contributed by atoms with E-state index in [1.165, 1.54) is 0 Å². The van der Waals surface area contributed by atoms with Crippen LogP contribution in [0.5, 0.6) is 0 Å². The third-order valence-corrected chi connectivity index (χ3v) is 0. The van der Waals surface area contributed by atoms with Crippen LogP contribution in [0, 0.1) is 0 Å². The Hall–Kier alpha value is -0.100. The van der Waals surface area contributed by atoms with E-state index in [0.717, 1.165) is 6.92 Å². The predicted molar refractivity (Wildman–Crippen MR) is 23.9 cm³/mol. The summed E-state index contributed by atoms with van der Waals surface area (Å²) in [6.45, 7) is 0.833. The molecular formula is C3H7NaO5. The molecule has 0 unspecified atom stereocenters. The number of hydrogen-bond acceptors (Lipinski definition) is 3. The zero-order chi connectivity index (χ0) is 6.28. The van der Waals surface area contributed by atoms with E-state index in [1.54, 1.807) is 0 Å². The number of carboxylic acid groups (broad SMARTS) is 2. The van der Waals surface area contributed by atoms with E-state index < -0.39 is 5.97 Å². The minimum atomic E-state index is -0.833. The van der Waals surface area contributed by atoms with E-state index in [-0.39, 0.29) is 41.5 Å². The molecule has 0 heterocycles. The molecule has 0 aliphatic carbocycles. The quantitative estimate of drug-likeness (QED) is 0.274. The average molecular weight is 146 g/mol. The van der Waals surface area contributed by atoms with Gasteiger partial charge in [-0.1, -0.05) is 0 Å².